The molecular weight excluding hydrogens is 514 g/mol. The first kappa shape index (κ1) is 26.3. The van der Waals surface area contributed by atoms with E-state index in [1.165, 1.54) is 23.9 Å². The molecule has 1 amide bonds. The van der Waals surface area contributed by atoms with E-state index in [1.807, 2.05) is 66.9 Å². The number of halogens is 1. The second-order valence-corrected chi connectivity index (χ2v) is 9.48. The van der Waals surface area contributed by atoms with E-state index in [0.717, 1.165) is 11.1 Å². The van der Waals surface area contributed by atoms with Gasteiger partial charge in [-0.2, -0.15) is 11.8 Å². The lowest BCUT2D eigenvalue weighted by molar-refractivity contribution is -0.136. The molecule has 1 atom stereocenters. The monoisotopic (exact) mass is 537 g/mol. The molecule has 0 radical (unpaired) electrons. The molecule has 3 aromatic carbocycles. The van der Waals surface area contributed by atoms with Crippen LogP contribution in [0.1, 0.15) is 12.0 Å². The van der Waals surface area contributed by atoms with E-state index in [0.29, 0.717) is 23.1 Å². The molecule has 0 saturated carbocycles. The third-order valence-corrected chi connectivity index (χ3v) is 6.43. The van der Waals surface area contributed by atoms with Gasteiger partial charge in [0.1, 0.15) is 18.2 Å². The van der Waals surface area contributed by atoms with Crippen LogP contribution in [0.5, 0.6) is 5.75 Å². The molecule has 0 fully saturated rings. The Morgan fingerprint density at radius 1 is 1.03 bits per heavy atom. The second-order valence-electron chi connectivity index (χ2n) is 8.09. The van der Waals surface area contributed by atoms with E-state index in [-0.39, 0.29) is 23.0 Å². The number of ether oxygens (including phenoxy) is 2. The number of carbonyl (C=O) groups excluding carboxylic acids is 2. The SMILES string of the molecule is CSCCC(NC(=O)OCc1ccccc1)C(=O)Oc1cc2oc(=O)cc(-c3ccccc3)c2cc1Cl. The lowest BCUT2D eigenvalue weighted by Crippen LogP contribution is -2.43. The van der Waals surface area contributed by atoms with Crippen molar-refractivity contribution in [3.8, 4) is 16.9 Å². The Hall–Kier alpha value is -3.75. The highest BCUT2D eigenvalue weighted by Crippen LogP contribution is 2.35. The number of fused-ring (bicyclic) bond motifs is 1. The summed E-state index contributed by atoms with van der Waals surface area (Å²) in [4.78, 5) is 37.6. The molecule has 0 bridgehead atoms. The molecule has 1 aromatic heterocycles. The molecule has 37 heavy (non-hydrogen) atoms. The zero-order chi connectivity index (χ0) is 26.2. The molecule has 1 N–H and O–H groups in total. The van der Waals surface area contributed by atoms with Crippen LogP contribution >= 0.6 is 23.4 Å². The number of amides is 1. The average Bonchev–Trinajstić information content (AvgIpc) is 2.91. The normalized spacial score (nSPS) is 11.6. The van der Waals surface area contributed by atoms with Crippen molar-refractivity contribution in [3.63, 3.8) is 0 Å². The van der Waals surface area contributed by atoms with Gasteiger partial charge < -0.3 is 19.2 Å². The van der Waals surface area contributed by atoms with Crippen LogP contribution in [-0.4, -0.2) is 30.1 Å². The van der Waals surface area contributed by atoms with Crippen LogP contribution in [0.15, 0.2) is 88.1 Å². The Balaban J connectivity index is 1.53. The van der Waals surface area contributed by atoms with E-state index in [4.69, 9.17) is 25.5 Å². The molecule has 190 valence electrons. The standard InChI is InChI=1S/C28H24ClNO6S/c1-37-13-12-23(30-28(33)34-17-18-8-4-2-5-9-18)27(32)36-25-16-24-21(14-22(25)29)20(15-26(31)35-24)19-10-6-3-7-11-19/h2-11,14-16,23H,12-13,17H2,1H3,(H,30,33). The summed E-state index contributed by atoms with van der Waals surface area (Å²) in [7, 11) is 0. The van der Waals surface area contributed by atoms with Gasteiger partial charge in [0, 0.05) is 17.5 Å². The fourth-order valence-electron chi connectivity index (χ4n) is 3.67. The van der Waals surface area contributed by atoms with Crippen molar-refractivity contribution in [3.05, 3.63) is 99.9 Å². The van der Waals surface area contributed by atoms with E-state index >= 15 is 0 Å². The molecule has 7 nitrogen and oxygen atoms in total. The number of rotatable bonds is 9. The number of alkyl carbamates (subject to hydrolysis) is 1. The summed E-state index contributed by atoms with van der Waals surface area (Å²) >= 11 is 7.99. The van der Waals surface area contributed by atoms with Crippen LogP contribution in [0.25, 0.3) is 22.1 Å². The van der Waals surface area contributed by atoms with Gasteiger partial charge in [-0.1, -0.05) is 72.3 Å². The van der Waals surface area contributed by atoms with Crippen LogP contribution in [0.4, 0.5) is 4.79 Å². The Morgan fingerprint density at radius 3 is 2.43 bits per heavy atom. The quantitative estimate of drug-likeness (QED) is 0.157. The Bertz CT molecular complexity index is 1440. The summed E-state index contributed by atoms with van der Waals surface area (Å²) in [6, 6.07) is 22.0. The van der Waals surface area contributed by atoms with Gasteiger partial charge in [-0.05, 0) is 41.2 Å². The third kappa shape index (κ3) is 6.93. The van der Waals surface area contributed by atoms with Crippen molar-refractivity contribution < 1.29 is 23.5 Å². The van der Waals surface area contributed by atoms with Crippen LogP contribution < -0.4 is 15.7 Å². The minimum atomic E-state index is -0.967. The molecule has 0 aliphatic carbocycles. The number of hydrogen-bond donors (Lipinski definition) is 1. The summed E-state index contributed by atoms with van der Waals surface area (Å²) in [6.07, 6.45) is 1.47. The van der Waals surface area contributed by atoms with Crippen LogP contribution in [0, 0.1) is 0 Å². The summed E-state index contributed by atoms with van der Waals surface area (Å²) < 4.78 is 16.2. The molecule has 0 saturated heterocycles. The molecular formula is C28H24ClNO6S. The van der Waals surface area contributed by atoms with Gasteiger partial charge in [0.25, 0.3) is 0 Å². The van der Waals surface area contributed by atoms with Gasteiger partial charge in [-0.3, -0.25) is 0 Å². The molecule has 1 unspecified atom stereocenters. The first-order chi connectivity index (χ1) is 17.9. The van der Waals surface area contributed by atoms with Gasteiger partial charge in [0.05, 0.1) is 5.02 Å². The van der Waals surface area contributed by atoms with Crippen molar-refractivity contribution in [1.29, 1.82) is 0 Å². The molecule has 9 heteroatoms. The third-order valence-electron chi connectivity index (χ3n) is 5.49. The van der Waals surface area contributed by atoms with Gasteiger partial charge in [-0.15, -0.1) is 0 Å². The van der Waals surface area contributed by atoms with Crippen molar-refractivity contribution in [2.45, 2.75) is 19.1 Å². The minimum absolute atomic E-state index is 0.0149. The molecule has 0 aliphatic rings. The molecule has 4 aromatic rings. The maximum Gasteiger partial charge on any atom is 0.408 e. The first-order valence-corrected chi connectivity index (χ1v) is 13.2. The Kier molecular flexibility index (Phi) is 8.87. The molecule has 1 heterocycles. The summed E-state index contributed by atoms with van der Waals surface area (Å²) in [6.45, 7) is 0.0657. The maximum atomic E-state index is 13.0. The topological polar surface area (TPSA) is 94.8 Å². The van der Waals surface area contributed by atoms with Gasteiger partial charge >= 0.3 is 17.7 Å². The van der Waals surface area contributed by atoms with E-state index in [9.17, 15) is 14.4 Å². The molecule has 0 aliphatic heterocycles. The highest BCUT2D eigenvalue weighted by Gasteiger charge is 2.25. The molecule has 0 spiro atoms. The number of nitrogens with one attached hydrogen (secondary N) is 1. The predicted molar refractivity (Wildman–Crippen MR) is 145 cm³/mol. The highest BCUT2D eigenvalue weighted by atomic mass is 35.5. The smallest absolute Gasteiger partial charge is 0.408 e. The number of carbonyl (C=O) groups is 2. The second kappa shape index (κ2) is 12.5. The fraction of sp³-hybridized carbons (Fsp3) is 0.179. The predicted octanol–water partition coefficient (Wildman–Crippen LogP) is 6.07. The number of benzene rings is 3. The van der Waals surface area contributed by atoms with Gasteiger partial charge in [-0.25, -0.2) is 14.4 Å². The average molecular weight is 538 g/mol. The minimum Gasteiger partial charge on any atom is -0.445 e. The van der Waals surface area contributed by atoms with E-state index in [2.05, 4.69) is 5.32 Å². The lowest BCUT2D eigenvalue weighted by Gasteiger charge is -2.18. The largest absolute Gasteiger partial charge is 0.445 e. The van der Waals surface area contributed by atoms with Crippen molar-refractivity contribution in [1.82, 2.24) is 5.32 Å². The zero-order valence-corrected chi connectivity index (χ0v) is 21.5. The van der Waals surface area contributed by atoms with Gasteiger partial charge in [0.2, 0.25) is 0 Å². The number of esters is 1. The van der Waals surface area contributed by atoms with E-state index < -0.39 is 23.7 Å². The van der Waals surface area contributed by atoms with Crippen molar-refractivity contribution >= 4 is 46.4 Å². The number of hydrogen-bond acceptors (Lipinski definition) is 7. The van der Waals surface area contributed by atoms with Crippen LogP contribution in [0.2, 0.25) is 5.02 Å². The fourth-order valence-corrected chi connectivity index (χ4v) is 4.34. The maximum absolute atomic E-state index is 13.0. The number of thioether (sulfide) groups is 1. The summed E-state index contributed by atoms with van der Waals surface area (Å²) in [5, 5.41) is 3.32. The summed E-state index contributed by atoms with van der Waals surface area (Å²) in [5.74, 6) is -0.103. The Morgan fingerprint density at radius 2 is 1.73 bits per heavy atom. The lowest BCUT2D eigenvalue weighted by atomic mass is 10.0. The van der Waals surface area contributed by atoms with Crippen molar-refractivity contribution in [2.24, 2.45) is 0 Å². The summed E-state index contributed by atoms with van der Waals surface area (Å²) in [5.41, 5.74) is 1.95. The van der Waals surface area contributed by atoms with Crippen LogP contribution in [0.3, 0.4) is 0 Å². The molecule has 4 rings (SSSR count). The van der Waals surface area contributed by atoms with Crippen molar-refractivity contribution in [2.75, 3.05) is 12.0 Å². The van der Waals surface area contributed by atoms with E-state index in [1.54, 1.807) is 6.07 Å². The Labute approximate surface area is 222 Å². The zero-order valence-electron chi connectivity index (χ0n) is 19.9. The first-order valence-electron chi connectivity index (χ1n) is 11.5. The van der Waals surface area contributed by atoms with Gasteiger partial charge in [0.15, 0.2) is 5.75 Å². The van der Waals surface area contributed by atoms with Crippen LogP contribution in [-0.2, 0) is 16.1 Å². The highest BCUT2D eigenvalue weighted by molar-refractivity contribution is 7.98.